The van der Waals surface area contributed by atoms with Gasteiger partial charge in [-0.3, -0.25) is 4.79 Å². The summed E-state index contributed by atoms with van der Waals surface area (Å²) in [6.45, 7) is 3.19. The predicted octanol–water partition coefficient (Wildman–Crippen LogP) is 0.707. The molecule has 1 unspecified atom stereocenters. The van der Waals surface area contributed by atoms with Crippen molar-refractivity contribution in [1.29, 1.82) is 0 Å². The van der Waals surface area contributed by atoms with Gasteiger partial charge in [0.1, 0.15) is 5.78 Å². The van der Waals surface area contributed by atoms with E-state index in [4.69, 9.17) is 11.8 Å². The van der Waals surface area contributed by atoms with E-state index < -0.39 is 0 Å². The molecule has 3 heteroatoms. The molecule has 0 amide bonds. The summed E-state index contributed by atoms with van der Waals surface area (Å²) in [7, 11) is 0. The molecule has 42 valence electrons. The fourth-order valence-electron chi connectivity index (χ4n) is 0.0768. The highest BCUT2D eigenvalue weighted by Crippen LogP contribution is 1.82. The van der Waals surface area contributed by atoms with E-state index in [9.17, 15) is 4.79 Å². The van der Waals surface area contributed by atoms with Crippen LogP contribution in [0, 0.1) is 0 Å². The quantitative estimate of drug-likeness (QED) is 0.545. The van der Waals surface area contributed by atoms with Gasteiger partial charge in [0.2, 0.25) is 0 Å². The van der Waals surface area contributed by atoms with E-state index >= 15 is 0 Å². The molecular formula is C4H8ClNO. The number of rotatable bonds is 2. The van der Waals surface area contributed by atoms with E-state index in [1.165, 1.54) is 6.92 Å². The number of hydrogen-bond donors (Lipinski definition) is 1. The molecule has 0 bridgehead atoms. The van der Waals surface area contributed by atoms with Crippen LogP contribution in [0.2, 0.25) is 0 Å². The zero-order valence-corrected chi connectivity index (χ0v) is 5.12. The average molecular weight is 122 g/mol. The molecule has 0 heterocycles. The largest absolute Gasteiger partial charge is 0.298 e. The summed E-state index contributed by atoms with van der Waals surface area (Å²) in [6, 6.07) is -0.221. The van der Waals surface area contributed by atoms with Gasteiger partial charge in [0.25, 0.3) is 0 Å². The molecule has 0 aromatic carbocycles. The second-order valence-electron chi connectivity index (χ2n) is 1.44. The van der Waals surface area contributed by atoms with E-state index in [2.05, 4.69) is 4.84 Å². The Morgan fingerprint density at radius 2 is 2.29 bits per heavy atom. The molecule has 1 N–H and O–H groups in total. The second kappa shape index (κ2) is 2.99. The monoisotopic (exact) mass is 121 g/mol. The van der Waals surface area contributed by atoms with E-state index in [1.807, 2.05) is 0 Å². The van der Waals surface area contributed by atoms with E-state index in [0.717, 1.165) is 0 Å². The molecule has 0 aliphatic heterocycles. The van der Waals surface area contributed by atoms with Gasteiger partial charge in [-0.05, 0) is 25.6 Å². The lowest BCUT2D eigenvalue weighted by molar-refractivity contribution is -0.118. The molecule has 0 spiro atoms. The summed E-state index contributed by atoms with van der Waals surface area (Å²) in [5.41, 5.74) is 0. The topological polar surface area (TPSA) is 29.1 Å². The maximum Gasteiger partial charge on any atom is 0.147 e. The third-order valence-electron chi connectivity index (χ3n) is 0.773. The Kier molecular flexibility index (Phi) is 2.96. The van der Waals surface area contributed by atoms with Gasteiger partial charge in [0, 0.05) is 0 Å². The van der Waals surface area contributed by atoms with Gasteiger partial charge in [-0.25, -0.2) is 4.84 Å². The summed E-state index contributed by atoms with van der Waals surface area (Å²) < 4.78 is 0. The molecule has 0 fully saturated rings. The van der Waals surface area contributed by atoms with Crippen LogP contribution in [0.1, 0.15) is 13.8 Å². The first-order chi connectivity index (χ1) is 3.18. The lowest BCUT2D eigenvalue weighted by atomic mass is 10.3. The smallest absolute Gasteiger partial charge is 0.147 e. The van der Waals surface area contributed by atoms with Crippen LogP contribution >= 0.6 is 11.8 Å². The second-order valence-corrected chi connectivity index (χ2v) is 1.66. The van der Waals surface area contributed by atoms with Crippen molar-refractivity contribution >= 4 is 17.6 Å². The predicted molar refractivity (Wildman–Crippen MR) is 29.1 cm³/mol. The summed E-state index contributed by atoms with van der Waals surface area (Å²) in [5.74, 6) is 0.0509. The van der Waals surface area contributed by atoms with Crippen molar-refractivity contribution in [2.75, 3.05) is 0 Å². The van der Waals surface area contributed by atoms with E-state index in [0.29, 0.717) is 0 Å². The van der Waals surface area contributed by atoms with Gasteiger partial charge in [0.05, 0.1) is 6.04 Å². The summed E-state index contributed by atoms with van der Waals surface area (Å²) in [4.78, 5) is 12.5. The van der Waals surface area contributed by atoms with Crippen molar-refractivity contribution in [1.82, 2.24) is 4.84 Å². The van der Waals surface area contributed by atoms with Crippen LogP contribution < -0.4 is 4.84 Å². The maximum absolute atomic E-state index is 10.2. The lowest BCUT2D eigenvalue weighted by Gasteiger charge is -1.98. The van der Waals surface area contributed by atoms with E-state index in [-0.39, 0.29) is 11.8 Å². The van der Waals surface area contributed by atoms with Crippen molar-refractivity contribution in [3.63, 3.8) is 0 Å². The number of ketones is 1. The average Bonchev–Trinajstić information content (AvgIpc) is 1.65. The van der Waals surface area contributed by atoms with Gasteiger partial charge < -0.3 is 0 Å². The molecular weight excluding hydrogens is 114 g/mol. The Hall–Kier alpha value is -0.0800. The highest BCUT2D eigenvalue weighted by molar-refractivity contribution is 6.15. The molecule has 0 rings (SSSR count). The number of nitrogens with one attached hydrogen (secondary N) is 1. The number of carbonyl (C=O) groups excluding carboxylic acids is 1. The molecule has 0 aliphatic carbocycles. The van der Waals surface area contributed by atoms with E-state index in [1.54, 1.807) is 6.92 Å². The normalized spacial score (nSPS) is 13.6. The highest BCUT2D eigenvalue weighted by Gasteiger charge is 2.01. The number of halogens is 1. The van der Waals surface area contributed by atoms with Crippen molar-refractivity contribution < 1.29 is 4.79 Å². The third kappa shape index (κ3) is 2.60. The molecule has 0 aromatic heterocycles. The summed E-state index contributed by atoms with van der Waals surface area (Å²) in [5, 5.41) is 0. The minimum Gasteiger partial charge on any atom is -0.298 e. The van der Waals surface area contributed by atoms with Crippen molar-refractivity contribution in [2.45, 2.75) is 19.9 Å². The number of Topliss-reactive ketones (excluding diaryl/α,β-unsaturated/α-hetero) is 1. The molecule has 0 radical (unpaired) electrons. The van der Waals surface area contributed by atoms with Crippen LogP contribution in [-0.2, 0) is 4.79 Å². The molecule has 0 saturated heterocycles. The standard InChI is InChI=1S/C4H8ClNO/c1-3(6-5)4(2)7/h3,6H,1-2H3. The van der Waals surface area contributed by atoms with Gasteiger partial charge in [0.15, 0.2) is 0 Å². The molecule has 2 nitrogen and oxygen atoms in total. The lowest BCUT2D eigenvalue weighted by Crippen LogP contribution is -2.24. The maximum atomic E-state index is 10.2. The summed E-state index contributed by atoms with van der Waals surface area (Å²) >= 11 is 5.08. The molecule has 7 heavy (non-hydrogen) atoms. The van der Waals surface area contributed by atoms with Crippen molar-refractivity contribution in [3.8, 4) is 0 Å². The van der Waals surface area contributed by atoms with Crippen molar-refractivity contribution in [2.24, 2.45) is 0 Å². The van der Waals surface area contributed by atoms with Crippen LogP contribution in [-0.4, -0.2) is 11.8 Å². The Morgan fingerprint density at radius 3 is 2.29 bits per heavy atom. The van der Waals surface area contributed by atoms with Crippen LogP contribution in [0.3, 0.4) is 0 Å². The molecule has 0 aromatic rings. The molecule has 0 saturated carbocycles. The van der Waals surface area contributed by atoms with Gasteiger partial charge in [-0.15, -0.1) is 0 Å². The fourth-order valence-corrected chi connectivity index (χ4v) is 0.230. The van der Waals surface area contributed by atoms with Crippen LogP contribution in [0.25, 0.3) is 0 Å². The highest BCUT2D eigenvalue weighted by atomic mass is 35.5. The zero-order valence-electron chi connectivity index (χ0n) is 4.36. The van der Waals surface area contributed by atoms with Crippen molar-refractivity contribution in [3.05, 3.63) is 0 Å². The summed E-state index contributed by atoms with van der Waals surface area (Å²) in [6.07, 6.45) is 0. The Balaban J connectivity index is 3.34. The van der Waals surface area contributed by atoms with Crippen LogP contribution in [0.15, 0.2) is 0 Å². The fraction of sp³-hybridized carbons (Fsp3) is 0.750. The first-order valence-electron chi connectivity index (χ1n) is 2.05. The Morgan fingerprint density at radius 1 is 1.86 bits per heavy atom. The first kappa shape index (κ1) is 6.92. The Bertz CT molecular complexity index is 74.1. The third-order valence-corrected chi connectivity index (χ3v) is 1.10. The molecule has 0 aliphatic rings. The zero-order chi connectivity index (χ0) is 5.86. The Labute approximate surface area is 48.0 Å². The minimum atomic E-state index is -0.221. The number of hydrogen-bond acceptors (Lipinski definition) is 2. The van der Waals surface area contributed by atoms with Crippen LogP contribution in [0.5, 0.6) is 0 Å². The molecule has 1 atom stereocenters. The van der Waals surface area contributed by atoms with Gasteiger partial charge in [-0.2, -0.15) is 0 Å². The van der Waals surface area contributed by atoms with Crippen LogP contribution in [0.4, 0.5) is 0 Å². The van der Waals surface area contributed by atoms with Gasteiger partial charge in [-0.1, -0.05) is 0 Å². The SMILES string of the molecule is CC(=O)C(C)NCl. The number of carbonyl (C=O) groups is 1. The van der Waals surface area contributed by atoms with Gasteiger partial charge >= 0.3 is 0 Å². The first-order valence-corrected chi connectivity index (χ1v) is 2.43. The minimum absolute atomic E-state index is 0.0509.